The van der Waals surface area contributed by atoms with E-state index in [1.807, 2.05) is 6.08 Å². The summed E-state index contributed by atoms with van der Waals surface area (Å²) in [6.07, 6.45) is 5.09. The number of aliphatic hydroxyl groups excluding tert-OH is 1. The van der Waals surface area contributed by atoms with E-state index in [2.05, 4.69) is 20.8 Å². The molecule has 2 heterocycles. The molecule has 7 heteroatoms. The van der Waals surface area contributed by atoms with Gasteiger partial charge in [0.2, 0.25) is 0 Å². The van der Waals surface area contributed by atoms with Crippen molar-refractivity contribution in [2.24, 2.45) is 5.92 Å². The molecule has 2 atom stereocenters. The van der Waals surface area contributed by atoms with Crippen molar-refractivity contribution >= 4 is 27.7 Å². The number of ketones is 1. The van der Waals surface area contributed by atoms with Gasteiger partial charge in [0, 0.05) is 19.9 Å². The van der Waals surface area contributed by atoms with E-state index in [0.717, 1.165) is 25.9 Å². The highest BCUT2D eigenvalue weighted by molar-refractivity contribution is 9.12. The van der Waals surface area contributed by atoms with Crippen LogP contribution in [0.3, 0.4) is 0 Å². The van der Waals surface area contributed by atoms with Crippen LogP contribution in [0.25, 0.3) is 0 Å². The van der Waals surface area contributed by atoms with Gasteiger partial charge in [-0.1, -0.05) is 6.42 Å². The average Bonchev–Trinajstić information content (AvgIpc) is 2.75. The van der Waals surface area contributed by atoms with E-state index < -0.39 is 23.6 Å². The van der Waals surface area contributed by atoms with Gasteiger partial charge in [-0.25, -0.2) is 4.79 Å². The van der Waals surface area contributed by atoms with Crippen LogP contribution in [-0.4, -0.2) is 46.7 Å². The van der Waals surface area contributed by atoms with Gasteiger partial charge in [-0.2, -0.15) is 0 Å². The number of hydrogen-bond acceptors (Lipinski definition) is 6. The molecule has 0 radical (unpaired) electrons. The molecular formula is C16H20BrNO5. The molecule has 1 aliphatic carbocycles. The second-order valence-corrected chi connectivity index (χ2v) is 7.41. The number of carbonyl (C=O) groups excluding carboxylic acids is 2. The largest absolute Gasteiger partial charge is 0.480 e. The number of likely N-dealkylation sites (tertiary alicyclic amines) is 1. The Morgan fingerprint density at radius 1 is 1.22 bits per heavy atom. The Balaban J connectivity index is 1.95. The van der Waals surface area contributed by atoms with Gasteiger partial charge >= 0.3 is 5.97 Å². The predicted molar refractivity (Wildman–Crippen MR) is 85.6 cm³/mol. The first kappa shape index (κ1) is 16.5. The summed E-state index contributed by atoms with van der Waals surface area (Å²) in [6, 6.07) is -0.272. The fourth-order valence-electron chi connectivity index (χ4n) is 3.40. The van der Waals surface area contributed by atoms with E-state index in [1.54, 1.807) is 0 Å². The molecule has 3 aliphatic rings. The van der Waals surface area contributed by atoms with E-state index in [9.17, 15) is 14.7 Å². The number of cyclic esters (lactones) is 1. The van der Waals surface area contributed by atoms with Crippen LogP contribution in [-0.2, 0) is 19.1 Å². The maximum atomic E-state index is 12.6. The van der Waals surface area contributed by atoms with Crippen LogP contribution in [0.1, 0.15) is 33.1 Å². The van der Waals surface area contributed by atoms with Crippen molar-refractivity contribution in [1.29, 1.82) is 0 Å². The van der Waals surface area contributed by atoms with Crippen molar-refractivity contribution in [3.8, 4) is 0 Å². The van der Waals surface area contributed by atoms with Crippen LogP contribution in [0.4, 0.5) is 0 Å². The third-order valence-electron chi connectivity index (χ3n) is 4.43. The van der Waals surface area contributed by atoms with Crippen LogP contribution in [0, 0.1) is 5.92 Å². The number of ether oxygens (including phenoxy) is 2. The molecule has 0 spiro atoms. The quantitative estimate of drug-likeness (QED) is 0.735. The number of rotatable bonds is 2. The van der Waals surface area contributed by atoms with Crippen LogP contribution in [0.5, 0.6) is 0 Å². The summed E-state index contributed by atoms with van der Waals surface area (Å²) in [5.41, 5.74) is -0.0874. The molecule has 23 heavy (non-hydrogen) atoms. The monoisotopic (exact) mass is 385 g/mol. The lowest BCUT2D eigenvalue weighted by molar-refractivity contribution is -0.223. The molecule has 0 amide bonds. The van der Waals surface area contributed by atoms with Gasteiger partial charge in [0.05, 0.1) is 10.4 Å². The lowest BCUT2D eigenvalue weighted by atomic mass is 9.90. The molecule has 0 bridgehead atoms. The first-order valence-corrected chi connectivity index (χ1v) is 8.60. The Bertz CT molecular complexity index is 604. The lowest BCUT2D eigenvalue weighted by Gasteiger charge is -2.37. The maximum Gasteiger partial charge on any atom is 0.345 e. The van der Waals surface area contributed by atoms with Crippen molar-refractivity contribution in [1.82, 2.24) is 4.90 Å². The van der Waals surface area contributed by atoms with Gasteiger partial charge in [0.15, 0.2) is 5.78 Å². The fraction of sp³-hybridized carbons (Fsp3) is 0.625. The molecular weight excluding hydrogens is 366 g/mol. The molecule has 0 aromatic carbocycles. The summed E-state index contributed by atoms with van der Waals surface area (Å²) in [6.45, 7) is 4.79. The predicted octanol–water partition coefficient (Wildman–Crippen LogP) is 2.40. The maximum absolute atomic E-state index is 12.6. The van der Waals surface area contributed by atoms with E-state index in [1.165, 1.54) is 20.3 Å². The van der Waals surface area contributed by atoms with Crippen LogP contribution in [0.15, 0.2) is 22.1 Å². The molecule has 0 aromatic heterocycles. The number of Topliss-reactive ketones (excluding diaryl/α,β-unsaturated/α-hetero) is 1. The topological polar surface area (TPSA) is 76.1 Å². The number of esters is 1. The minimum absolute atomic E-state index is 0.0874. The number of halogens is 1. The Kier molecular flexibility index (Phi) is 4.27. The summed E-state index contributed by atoms with van der Waals surface area (Å²) < 4.78 is 10.9. The summed E-state index contributed by atoms with van der Waals surface area (Å²) >= 11 is 3.27. The first-order valence-electron chi connectivity index (χ1n) is 7.81. The Hall–Kier alpha value is -1.34. The van der Waals surface area contributed by atoms with E-state index in [4.69, 9.17) is 9.47 Å². The Morgan fingerprint density at radius 2 is 1.87 bits per heavy atom. The number of hydrogen-bond donors (Lipinski definition) is 1. The molecule has 0 saturated carbocycles. The Morgan fingerprint density at radius 3 is 2.48 bits per heavy atom. The van der Waals surface area contributed by atoms with Gasteiger partial charge in [0.25, 0.3) is 11.7 Å². The molecule has 0 aromatic rings. The van der Waals surface area contributed by atoms with E-state index in [-0.39, 0.29) is 17.4 Å². The number of allylic oxidation sites excluding steroid dienone is 1. The van der Waals surface area contributed by atoms with Crippen molar-refractivity contribution in [2.75, 3.05) is 13.1 Å². The number of aliphatic hydroxyl groups is 1. The van der Waals surface area contributed by atoms with Gasteiger partial charge in [-0.15, -0.1) is 0 Å². The van der Waals surface area contributed by atoms with Crippen molar-refractivity contribution < 1.29 is 24.2 Å². The smallest absolute Gasteiger partial charge is 0.345 e. The molecule has 2 unspecified atom stereocenters. The normalized spacial score (nSPS) is 31.7. The third-order valence-corrected chi connectivity index (χ3v) is 5.09. The van der Waals surface area contributed by atoms with Crippen LogP contribution < -0.4 is 0 Å². The number of nitrogens with zero attached hydrogens (tertiary/aromatic N) is 1. The lowest BCUT2D eigenvalue weighted by Crippen LogP contribution is -2.47. The van der Waals surface area contributed by atoms with Crippen LogP contribution >= 0.6 is 15.9 Å². The highest BCUT2D eigenvalue weighted by atomic mass is 79.9. The second kappa shape index (κ2) is 5.94. The second-order valence-electron chi connectivity index (χ2n) is 6.55. The Labute approximate surface area is 143 Å². The van der Waals surface area contributed by atoms with Gasteiger partial charge < -0.3 is 14.6 Å². The molecule has 1 fully saturated rings. The van der Waals surface area contributed by atoms with Gasteiger partial charge in [-0.05, 0) is 47.9 Å². The molecule has 1 saturated heterocycles. The molecule has 3 rings (SSSR count). The third kappa shape index (κ3) is 3.04. The molecule has 2 aliphatic heterocycles. The highest BCUT2D eigenvalue weighted by Crippen LogP contribution is 2.39. The van der Waals surface area contributed by atoms with Crippen LogP contribution in [0.2, 0.25) is 0 Å². The summed E-state index contributed by atoms with van der Waals surface area (Å²) in [7, 11) is 0. The summed E-state index contributed by atoms with van der Waals surface area (Å²) in [5, 5.41) is 10.2. The van der Waals surface area contributed by atoms with E-state index in [0.29, 0.717) is 4.48 Å². The minimum Gasteiger partial charge on any atom is -0.480 e. The van der Waals surface area contributed by atoms with E-state index >= 15 is 0 Å². The average molecular weight is 386 g/mol. The molecule has 6 nitrogen and oxygen atoms in total. The zero-order valence-electron chi connectivity index (χ0n) is 13.2. The zero-order valence-corrected chi connectivity index (χ0v) is 14.8. The SMILES string of the molecule is CC1(C)OC(=O)C(C2C(=O)C(Br)=CC2N2CCCCC2)=C(O)O1. The first-order chi connectivity index (χ1) is 10.8. The minimum atomic E-state index is -1.24. The summed E-state index contributed by atoms with van der Waals surface area (Å²) in [4.78, 5) is 27.1. The molecule has 126 valence electrons. The molecule has 1 N–H and O–H groups in total. The summed E-state index contributed by atoms with van der Waals surface area (Å²) in [5.74, 6) is -3.48. The standard InChI is InChI=1S/C16H20BrNO5/c1-16(2)22-14(20)12(15(21)23-16)11-10(8-9(17)13(11)19)18-6-4-3-5-7-18/h8,10-11,20H,3-7H2,1-2H3. The number of piperidine rings is 1. The number of carbonyl (C=O) groups is 2. The zero-order chi connectivity index (χ0) is 16.8. The van der Waals surface area contributed by atoms with Crippen molar-refractivity contribution in [2.45, 2.75) is 44.9 Å². The highest BCUT2D eigenvalue weighted by Gasteiger charge is 2.49. The fourth-order valence-corrected chi connectivity index (χ4v) is 3.92. The van der Waals surface area contributed by atoms with Crippen molar-refractivity contribution in [3.05, 3.63) is 22.1 Å². The van der Waals surface area contributed by atoms with Gasteiger partial charge in [0.1, 0.15) is 5.57 Å². The van der Waals surface area contributed by atoms with Crippen molar-refractivity contribution in [3.63, 3.8) is 0 Å². The van der Waals surface area contributed by atoms with Gasteiger partial charge in [-0.3, -0.25) is 9.69 Å².